The summed E-state index contributed by atoms with van der Waals surface area (Å²) in [4.78, 5) is 27.3. The van der Waals surface area contributed by atoms with E-state index >= 15 is 0 Å². The lowest BCUT2D eigenvalue weighted by molar-refractivity contribution is -0.177. The Hall–Kier alpha value is -3.36. The van der Waals surface area contributed by atoms with E-state index in [9.17, 15) is 27.9 Å². The average Bonchev–Trinajstić information content (AvgIpc) is 2.89. The molecule has 0 saturated carbocycles. The van der Waals surface area contributed by atoms with Gasteiger partial charge in [-0.15, -0.1) is 0 Å². The fraction of sp³-hybridized carbons (Fsp3) is 0.259. The van der Waals surface area contributed by atoms with Crippen molar-refractivity contribution in [2.75, 3.05) is 16.8 Å². The topological polar surface area (TPSA) is 69.6 Å². The van der Waals surface area contributed by atoms with Gasteiger partial charge in [0.2, 0.25) is 0 Å². The first-order valence-electron chi connectivity index (χ1n) is 11.2. The molecule has 0 radical (unpaired) electrons. The summed E-state index contributed by atoms with van der Waals surface area (Å²) < 4.78 is 43.3. The summed E-state index contributed by atoms with van der Waals surface area (Å²) in [6, 6.07) is 12.6. The molecule has 0 saturated heterocycles. The van der Waals surface area contributed by atoms with Crippen molar-refractivity contribution in [3.8, 4) is 0 Å². The van der Waals surface area contributed by atoms with Crippen LogP contribution in [0.5, 0.6) is 0 Å². The lowest BCUT2D eigenvalue weighted by Crippen LogP contribution is -2.42. The fourth-order valence-corrected chi connectivity index (χ4v) is 4.45. The SMILES string of the molecule is Cc1cc(C(=O)N2CCC(F)(F)[C@](C)(O)c3cc(Cl)ccc32)ccc1NC(=O)c1cc(F)ccc1C. The van der Waals surface area contributed by atoms with Crippen molar-refractivity contribution in [3.63, 3.8) is 0 Å². The first-order valence-corrected chi connectivity index (χ1v) is 11.6. The zero-order valence-electron chi connectivity index (χ0n) is 19.8. The molecule has 1 atom stereocenters. The molecule has 3 aromatic rings. The fourth-order valence-electron chi connectivity index (χ4n) is 4.28. The van der Waals surface area contributed by atoms with Gasteiger partial charge in [-0.25, -0.2) is 13.2 Å². The average molecular weight is 517 g/mol. The number of carbonyl (C=O) groups excluding carboxylic acids is 2. The summed E-state index contributed by atoms with van der Waals surface area (Å²) in [6.07, 6.45) is -0.752. The van der Waals surface area contributed by atoms with Gasteiger partial charge in [0.05, 0.1) is 5.69 Å². The summed E-state index contributed by atoms with van der Waals surface area (Å²) in [5, 5.41) is 13.6. The molecule has 0 fully saturated rings. The van der Waals surface area contributed by atoms with E-state index in [0.29, 0.717) is 16.8 Å². The number of anilines is 2. The van der Waals surface area contributed by atoms with Crippen LogP contribution in [-0.2, 0) is 5.60 Å². The van der Waals surface area contributed by atoms with Crippen LogP contribution in [0.4, 0.5) is 24.5 Å². The van der Waals surface area contributed by atoms with E-state index in [4.69, 9.17) is 11.6 Å². The molecule has 1 aliphatic heterocycles. The number of nitrogens with one attached hydrogen (secondary N) is 1. The van der Waals surface area contributed by atoms with Gasteiger partial charge in [-0.05, 0) is 80.4 Å². The van der Waals surface area contributed by atoms with Gasteiger partial charge >= 0.3 is 0 Å². The number of carbonyl (C=O) groups is 2. The Balaban J connectivity index is 1.65. The number of amides is 2. The molecule has 1 aliphatic rings. The minimum atomic E-state index is -3.50. The maximum atomic E-state index is 14.8. The molecule has 5 nitrogen and oxygen atoms in total. The first kappa shape index (κ1) is 25.7. The highest BCUT2D eigenvalue weighted by Gasteiger charge is 2.53. The largest absolute Gasteiger partial charge is 0.379 e. The lowest BCUT2D eigenvalue weighted by Gasteiger charge is -2.32. The Morgan fingerprint density at radius 2 is 1.75 bits per heavy atom. The van der Waals surface area contributed by atoms with Crippen molar-refractivity contribution in [3.05, 3.63) is 93.3 Å². The standard InChI is InChI=1S/C27H24ClF3N2O3/c1-15-4-7-19(29)14-20(15)24(34)32-22-8-5-17(12-16(22)2)25(35)33-11-10-27(30,31)26(3,36)21-13-18(28)6-9-23(21)33/h4-9,12-14,36H,10-11H2,1-3H3,(H,32,34)/t26-/m1/s1. The van der Waals surface area contributed by atoms with Crippen molar-refractivity contribution in [2.45, 2.75) is 38.7 Å². The van der Waals surface area contributed by atoms with E-state index < -0.39 is 35.6 Å². The number of hydrogen-bond donors (Lipinski definition) is 2. The maximum absolute atomic E-state index is 14.8. The number of nitrogens with zero attached hydrogens (tertiary/aromatic N) is 1. The van der Waals surface area contributed by atoms with Crippen molar-refractivity contribution in [2.24, 2.45) is 0 Å². The first-order chi connectivity index (χ1) is 16.8. The molecule has 188 valence electrons. The van der Waals surface area contributed by atoms with E-state index in [1.54, 1.807) is 13.8 Å². The molecule has 0 spiro atoms. The molecule has 1 heterocycles. The quantitative estimate of drug-likeness (QED) is 0.433. The van der Waals surface area contributed by atoms with Gasteiger partial charge < -0.3 is 15.3 Å². The van der Waals surface area contributed by atoms with Gasteiger partial charge in [0.25, 0.3) is 17.7 Å². The highest BCUT2D eigenvalue weighted by molar-refractivity contribution is 6.30. The number of halogens is 4. The van der Waals surface area contributed by atoms with Crippen molar-refractivity contribution in [1.82, 2.24) is 0 Å². The van der Waals surface area contributed by atoms with Crippen LogP contribution in [0.2, 0.25) is 5.02 Å². The van der Waals surface area contributed by atoms with E-state index in [1.165, 1.54) is 53.4 Å². The predicted molar refractivity (Wildman–Crippen MR) is 133 cm³/mol. The molecule has 0 unspecified atom stereocenters. The number of benzene rings is 3. The van der Waals surface area contributed by atoms with Crippen molar-refractivity contribution < 1.29 is 27.9 Å². The third-order valence-corrected chi connectivity index (χ3v) is 6.78. The van der Waals surface area contributed by atoms with Crippen LogP contribution in [0.3, 0.4) is 0 Å². The number of fused-ring (bicyclic) bond motifs is 1. The van der Waals surface area contributed by atoms with Crippen molar-refractivity contribution in [1.29, 1.82) is 0 Å². The van der Waals surface area contributed by atoms with Crippen LogP contribution in [-0.4, -0.2) is 29.4 Å². The molecular formula is C27H24ClF3N2O3. The second kappa shape index (κ2) is 9.26. The van der Waals surface area contributed by atoms with E-state index in [0.717, 1.165) is 13.0 Å². The van der Waals surface area contributed by atoms with Gasteiger partial charge in [-0.3, -0.25) is 9.59 Å². The highest BCUT2D eigenvalue weighted by atomic mass is 35.5. The normalized spacial score (nSPS) is 18.8. The molecule has 3 aromatic carbocycles. The summed E-state index contributed by atoms with van der Waals surface area (Å²) in [7, 11) is 0. The molecule has 0 aliphatic carbocycles. The van der Waals surface area contributed by atoms with Crippen LogP contribution in [0.1, 0.15) is 50.8 Å². The summed E-state index contributed by atoms with van der Waals surface area (Å²) in [5.41, 5.74) is -0.572. The van der Waals surface area contributed by atoms with Gasteiger partial charge in [0, 0.05) is 40.4 Å². The zero-order valence-corrected chi connectivity index (χ0v) is 20.6. The molecule has 4 rings (SSSR count). The number of rotatable bonds is 3. The number of aryl methyl sites for hydroxylation is 2. The lowest BCUT2D eigenvalue weighted by atomic mass is 9.87. The van der Waals surface area contributed by atoms with Gasteiger partial charge in [0.15, 0.2) is 5.60 Å². The second-order valence-corrected chi connectivity index (χ2v) is 9.52. The Labute approximate surface area is 211 Å². The van der Waals surface area contributed by atoms with E-state index in [-0.39, 0.29) is 33.9 Å². The summed E-state index contributed by atoms with van der Waals surface area (Å²) in [6.45, 7) is 4.06. The van der Waals surface area contributed by atoms with Crippen LogP contribution in [0.25, 0.3) is 0 Å². The van der Waals surface area contributed by atoms with Crippen molar-refractivity contribution >= 4 is 34.8 Å². The molecule has 0 bridgehead atoms. The highest BCUT2D eigenvalue weighted by Crippen LogP contribution is 2.47. The van der Waals surface area contributed by atoms with Gasteiger partial charge in [-0.1, -0.05) is 17.7 Å². The minimum absolute atomic E-state index is 0.142. The summed E-state index contributed by atoms with van der Waals surface area (Å²) >= 11 is 6.02. The summed E-state index contributed by atoms with van der Waals surface area (Å²) in [5.74, 6) is -5.08. The third-order valence-electron chi connectivity index (χ3n) is 6.55. The Morgan fingerprint density at radius 1 is 1.03 bits per heavy atom. The van der Waals surface area contributed by atoms with Gasteiger partial charge in [0.1, 0.15) is 5.82 Å². The zero-order chi connectivity index (χ0) is 26.4. The van der Waals surface area contributed by atoms with Crippen LogP contribution < -0.4 is 10.2 Å². The van der Waals surface area contributed by atoms with E-state index in [1.807, 2.05) is 0 Å². The molecule has 36 heavy (non-hydrogen) atoms. The second-order valence-electron chi connectivity index (χ2n) is 9.09. The molecule has 2 N–H and O–H groups in total. The Bertz CT molecular complexity index is 1370. The maximum Gasteiger partial charge on any atom is 0.281 e. The monoisotopic (exact) mass is 516 g/mol. The molecule has 0 aromatic heterocycles. The third kappa shape index (κ3) is 4.58. The Kier molecular flexibility index (Phi) is 6.62. The predicted octanol–water partition coefficient (Wildman–Crippen LogP) is 6.24. The van der Waals surface area contributed by atoms with Crippen LogP contribution >= 0.6 is 11.6 Å². The number of aliphatic hydroxyl groups is 1. The van der Waals surface area contributed by atoms with Crippen LogP contribution in [0.15, 0.2) is 54.6 Å². The van der Waals surface area contributed by atoms with E-state index in [2.05, 4.69) is 5.32 Å². The van der Waals surface area contributed by atoms with Crippen LogP contribution in [0, 0.1) is 19.7 Å². The van der Waals surface area contributed by atoms with Gasteiger partial charge in [-0.2, -0.15) is 0 Å². The smallest absolute Gasteiger partial charge is 0.281 e. The molecule has 9 heteroatoms. The number of alkyl halides is 2. The number of hydrogen-bond acceptors (Lipinski definition) is 3. The Morgan fingerprint density at radius 3 is 2.44 bits per heavy atom. The molecular weight excluding hydrogens is 493 g/mol. The minimum Gasteiger partial charge on any atom is -0.379 e. The molecule has 2 amide bonds.